The van der Waals surface area contributed by atoms with Crippen LogP contribution in [0.5, 0.6) is 5.75 Å². The molecule has 0 radical (unpaired) electrons. The lowest BCUT2D eigenvalue weighted by molar-refractivity contribution is 0.101. The van der Waals surface area contributed by atoms with E-state index in [2.05, 4.69) is 4.98 Å². The fraction of sp³-hybridized carbons (Fsp3) is 0.130. The molecule has 4 aromatic rings. The molecule has 0 saturated heterocycles. The van der Waals surface area contributed by atoms with Crippen LogP contribution in [-0.2, 0) is 6.54 Å². The number of halogens is 1. The summed E-state index contributed by atoms with van der Waals surface area (Å²) in [6.07, 6.45) is 3.38. The molecule has 0 aliphatic rings. The zero-order valence-electron chi connectivity index (χ0n) is 16.2. The molecule has 0 amide bonds. The number of methoxy groups -OCH3 is 1. The Bertz CT molecular complexity index is 1140. The van der Waals surface area contributed by atoms with E-state index in [1.54, 1.807) is 31.7 Å². The quantitative estimate of drug-likeness (QED) is 0.284. The van der Waals surface area contributed by atoms with Gasteiger partial charge in [0.1, 0.15) is 17.3 Å². The molecule has 7 heteroatoms. The van der Waals surface area contributed by atoms with E-state index in [-0.39, 0.29) is 17.1 Å². The van der Waals surface area contributed by atoms with Gasteiger partial charge in [-0.1, -0.05) is 23.9 Å². The standard InChI is InChI=1S/C23H19FN2O3S/c1-28-17-10-8-16(9-11-17)21-13-25-23(26(21)14-18-5-4-12-29-18)30-15-22(27)19-6-2-3-7-20(19)24/h2-13H,14-15H2,1H3. The lowest BCUT2D eigenvalue weighted by Crippen LogP contribution is -2.08. The summed E-state index contributed by atoms with van der Waals surface area (Å²) < 4.78 is 26.6. The van der Waals surface area contributed by atoms with Crippen molar-refractivity contribution in [2.75, 3.05) is 12.9 Å². The highest BCUT2D eigenvalue weighted by Crippen LogP contribution is 2.29. The van der Waals surface area contributed by atoms with Gasteiger partial charge in [-0.15, -0.1) is 0 Å². The van der Waals surface area contributed by atoms with Crippen LogP contribution in [0, 0.1) is 5.82 Å². The average Bonchev–Trinajstić information content (AvgIpc) is 3.43. The van der Waals surface area contributed by atoms with E-state index in [1.807, 2.05) is 41.0 Å². The summed E-state index contributed by atoms with van der Waals surface area (Å²) in [4.78, 5) is 17.0. The van der Waals surface area contributed by atoms with Crippen molar-refractivity contribution in [3.05, 3.63) is 90.3 Å². The maximum Gasteiger partial charge on any atom is 0.176 e. The first-order valence-electron chi connectivity index (χ1n) is 9.28. The molecule has 0 unspecified atom stereocenters. The van der Waals surface area contributed by atoms with Crippen molar-refractivity contribution in [3.8, 4) is 17.0 Å². The van der Waals surface area contributed by atoms with Crippen molar-refractivity contribution in [2.45, 2.75) is 11.7 Å². The number of ketones is 1. The molecule has 0 aliphatic heterocycles. The Morgan fingerprint density at radius 1 is 1.13 bits per heavy atom. The minimum absolute atomic E-state index is 0.0815. The molecule has 5 nitrogen and oxygen atoms in total. The molecule has 0 saturated carbocycles. The van der Waals surface area contributed by atoms with Crippen LogP contribution in [0.4, 0.5) is 4.39 Å². The largest absolute Gasteiger partial charge is 0.497 e. The molecule has 0 aliphatic carbocycles. The Morgan fingerprint density at radius 2 is 1.93 bits per heavy atom. The first-order chi connectivity index (χ1) is 14.7. The normalized spacial score (nSPS) is 10.9. The van der Waals surface area contributed by atoms with E-state index in [0.29, 0.717) is 11.7 Å². The van der Waals surface area contributed by atoms with Gasteiger partial charge in [-0.25, -0.2) is 9.37 Å². The van der Waals surface area contributed by atoms with Gasteiger partial charge in [0.25, 0.3) is 0 Å². The summed E-state index contributed by atoms with van der Waals surface area (Å²) in [6.45, 7) is 0.463. The van der Waals surface area contributed by atoms with Gasteiger partial charge in [-0.3, -0.25) is 4.79 Å². The fourth-order valence-corrected chi connectivity index (χ4v) is 3.93. The molecular weight excluding hydrogens is 403 g/mol. The number of thioether (sulfide) groups is 1. The molecule has 152 valence electrons. The van der Waals surface area contributed by atoms with Gasteiger partial charge >= 0.3 is 0 Å². The number of ether oxygens (including phenoxy) is 1. The van der Waals surface area contributed by atoms with Crippen molar-refractivity contribution in [3.63, 3.8) is 0 Å². The monoisotopic (exact) mass is 422 g/mol. The first kappa shape index (κ1) is 20.0. The van der Waals surface area contributed by atoms with E-state index in [4.69, 9.17) is 9.15 Å². The van der Waals surface area contributed by atoms with Gasteiger partial charge in [0.15, 0.2) is 10.9 Å². The molecule has 0 fully saturated rings. The SMILES string of the molecule is COc1ccc(-c2cnc(SCC(=O)c3ccccc3F)n2Cc2ccco2)cc1. The van der Waals surface area contributed by atoms with Crippen LogP contribution < -0.4 is 4.74 Å². The number of carbonyl (C=O) groups is 1. The summed E-state index contributed by atoms with van der Waals surface area (Å²) in [7, 11) is 1.62. The zero-order valence-corrected chi connectivity index (χ0v) is 17.1. The number of Topliss-reactive ketones (excluding diaryl/α,β-unsaturated/α-hetero) is 1. The number of rotatable bonds is 8. The van der Waals surface area contributed by atoms with Crippen LogP contribution in [0.3, 0.4) is 0 Å². The third kappa shape index (κ3) is 4.31. The molecule has 30 heavy (non-hydrogen) atoms. The Balaban J connectivity index is 1.61. The molecule has 2 aromatic carbocycles. The molecule has 0 bridgehead atoms. The van der Waals surface area contributed by atoms with Crippen molar-refractivity contribution in [1.82, 2.24) is 9.55 Å². The highest BCUT2D eigenvalue weighted by atomic mass is 32.2. The second-order valence-electron chi connectivity index (χ2n) is 6.51. The van der Waals surface area contributed by atoms with Gasteiger partial charge in [-0.2, -0.15) is 0 Å². The van der Waals surface area contributed by atoms with Gasteiger partial charge < -0.3 is 13.7 Å². The van der Waals surface area contributed by atoms with Crippen LogP contribution in [0.2, 0.25) is 0 Å². The molecule has 4 rings (SSSR count). The topological polar surface area (TPSA) is 57.3 Å². The number of nitrogens with zero attached hydrogens (tertiary/aromatic N) is 2. The third-order valence-corrected chi connectivity index (χ3v) is 5.60. The van der Waals surface area contributed by atoms with E-state index >= 15 is 0 Å². The van der Waals surface area contributed by atoms with Crippen LogP contribution >= 0.6 is 11.8 Å². The van der Waals surface area contributed by atoms with Gasteiger partial charge in [-0.05, 0) is 48.5 Å². The molecule has 0 N–H and O–H groups in total. The van der Waals surface area contributed by atoms with Crippen LogP contribution in [0.25, 0.3) is 11.3 Å². The summed E-state index contributed by atoms with van der Waals surface area (Å²) in [5.74, 6) is 0.821. The second-order valence-corrected chi connectivity index (χ2v) is 7.45. The second kappa shape index (κ2) is 9.00. The number of imidazole rings is 1. The van der Waals surface area contributed by atoms with E-state index in [9.17, 15) is 9.18 Å². The van der Waals surface area contributed by atoms with Gasteiger partial charge in [0.05, 0.1) is 43.1 Å². The third-order valence-electron chi connectivity index (χ3n) is 4.61. The van der Waals surface area contributed by atoms with Gasteiger partial charge in [0.2, 0.25) is 0 Å². The Labute approximate surface area is 177 Å². The first-order valence-corrected chi connectivity index (χ1v) is 10.3. The number of hydrogen-bond acceptors (Lipinski definition) is 5. The summed E-state index contributed by atoms with van der Waals surface area (Å²) >= 11 is 1.27. The lowest BCUT2D eigenvalue weighted by Gasteiger charge is -2.11. The summed E-state index contributed by atoms with van der Waals surface area (Å²) in [6, 6.07) is 17.4. The summed E-state index contributed by atoms with van der Waals surface area (Å²) in [5.41, 5.74) is 1.93. The fourth-order valence-electron chi connectivity index (χ4n) is 3.07. The molecule has 2 aromatic heterocycles. The Morgan fingerprint density at radius 3 is 2.63 bits per heavy atom. The van der Waals surface area contributed by atoms with Crippen LogP contribution in [0.15, 0.2) is 82.7 Å². The average molecular weight is 422 g/mol. The summed E-state index contributed by atoms with van der Waals surface area (Å²) in [5, 5.41) is 0.655. The van der Waals surface area contributed by atoms with Crippen molar-refractivity contribution < 1.29 is 18.3 Å². The number of aromatic nitrogens is 2. The predicted molar refractivity (Wildman–Crippen MR) is 113 cm³/mol. The highest BCUT2D eigenvalue weighted by Gasteiger charge is 2.17. The lowest BCUT2D eigenvalue weighted by atomic mass is 10.1. The van der Waals surface area contributed by atoms with E-state index in [1.165, 1.54) is 23.9 Å². The van der Waals surface area contributed by atoms with Crippen LogP contribution in [0.1, 0.15) is 16.1 Å². The van der Waals surface area contributed by atoms with E-state index < -0.39 is 5.82 Å². The van der Waals surface area contributed by atoms with E-state index in [0.717, 1.165) is 22.8 Å². The minimum atomic E-state index is -0.513. The Kier molecular flexibility index (Phi) is 5.99. The maximum absolute atomic E-state index is 13.9. The molecule has 2 heterocycles. The van der Waals surface area contributed by atoms with Gasteiger partial charge in [0, 0.05) is 5.56 Å². The Hall–Kier alpha value is -3.32. The number of benzene rings is 2. The molecule has 0 spiro atoms. The molecular formula is C23H19FN2O3S. The molecule has 0 atom stereocenters. The smallest absolute Gasteiger partial charge is 0.176 e. The van der Waals surface area contributed by atoms with Crippen LogP contribution in [-0.4, -0.2) is 28.2 Å². The number of carbonyl (C=O) groups excluding carboxylic acids is 1. The minimum Gasteiger partial charge on any atom is -0.497 e. The number of furan rings is 1. The van der Waals surface area contributed by atoms with Crippen molar-refractivity contribution >= 4 is 17.5 Å². The maximum atomic E-state index is 13.9. The van der Waals surface area contributed by atoms with Crippen molar-refractivity contribution in [2.24, 2.45) is 0 Å². The highest BCUT2D eigenvalue weighted by molar-refractivity contribution is 7.99. The van der Waals surface area contributed by atoms with Crippen molar-refractivity contribution in [1.29, 1.82) is 0 Å². The number of hydrogen-bond donors (Lipinski definition) is 0. The predicted octanol–water partition coefficient (Wildman–Crippen LogP) is 5.31. The zero-order chi connectivity index (χ0) is 20.9.